The number of nitrogens with zero attached hydrogens (tertiary/aromatic N) is 4. The topological polar surface area (TPSA) is 55.6 Å². The molecule has 2 heterocycles. The first-order chi connectivity index (χ1) is 9.86. The number of hydrogen-bond acceptors (Lipinski definition) is 4. The minimum Gasteiger partial charge on any atom is -0.312 e. The van der Waals surface area contributed by atoms with E-state index in [1.54, 1.807) is 12.4 Å². The van der Waals surface area contributed by atoms with Crippen molar-refractivity contribution in [2.45, 2.75) is 26.6 Å². The summed E-state index contributed by atoms with van der Waals surface area (Å²) < 4.78 is 38.5. The SMILES string of the molecule is CC(C)CNCc1cnc(-n2cc(C(F)(F)F)cn2)nc1. The van der Waals surface area contributed by atoms with Crippen LogP contribution in [0.15, 0.2) is 24.8 Å². The highest BCUT2D eigenvalue weighted by molar-refractivity contribution is 5.18. The predicted octanol–water partition coefficient (Wildman–Crippen LogP) is 2.43. The molecule has 0 unspecified atom stereocenters. The van der Waals surface area contributed by atoms with Crippen LogP contribution in [-0.4, -0.2) is 26.3 Å². The summed E-state index contributed by atoms with van der Waals surface area (Å²) in [5.74, 6) is 0.646. The standard InChI is InChI=1S/C13H16F3N5/c1-9(2)3-17-4-10-5-18-12(19-6-10)21-8-11(7-20-21)13(14,15)16/h5-9,17H,3-4H2,1-2H3. The zero-order chi connectivity index (χ0) is 15.5. The fourth-order valence-corrected chi connectivity index (χ4v) is 1.64. The predicted molar refractivity (Wildman–Crippen MR) is 70.7 cm³/mol. The second-order valence-corrected chi connectivity index (χ2v) is 5.09. The molecule has 0 aliphatic heterocycles. The lowest BCUT2D eigenvalue weighted by Crippen LogP contribution is -2.19. The molecule has 0 fully saturated rings. The lowest BCUT2D eigenvalue weighted by molar-refractivity contribution is -0.137. The zero-order valence-electron chi connectivity index (χ0n) is 11.7. The van der Waals surface area contributed by atoms with Gasteiger partial charge in [0.1, 0.15) is 0 Å². The van der Waals surface area contributed by atoms with Gasteiger partial charge < -0.3 is 5.32 Å². The lowest BCUT2D eigenvalue weighted by atomic mass is 10.2. The fourth-order valence-electron chi connectivity index (χ4n) is 1.64. The molecule has 0 aromatic carbocycles. The van der Waals surface area contributed by atoms with E-state index >= 15 is 0 Å². The highest BCUT2D eigenvalue weighted by Crippen LogP contribution is 2.28. The zero-order valence-corrected chi connectivity index (χ0v) is 11.7. The van der Waals surface area contributed by atoms with Gasteiger partial charge in [0, 0.05) is 30.7 Å². The molecule has 8 heteroatoms. The highest BCUT2D eigenvalue weighted by Gasteiger charge is 2.32. The first-order valence-electron chi connectivity index (χ1n) is 6.50. The van der Waals surface area contributed by atoms with Crippen LogP contribution in [0.2, 0.25) is 0 Å². The Morgan fingerprint density at radius 1 is 1.19 bits per heavy atom. The highest BCUT2D eigenvalue weighted by atomic mass is 19.4. The van der Waals surface area contributed by atoms with E-state index in [-0.39, 0.29) is 5.95 Å². The molecule has 0 bridgehead atoms. The van der Waals surface area contributed by atoms with Crippen LogP contribution in [0.1, 0.15) is 25.0 Å². The Balaban J connectivity index is 2.03. The molecule has 0 atom stereocenters. The van der Waals surface area contributed by atoms with Crippen molar-refractivity contribution < 1.29 is 13.2 Å². The largest absolute Gasteiger partial charge is 0.419 e. The van der Waals surface area contributed by atoms with Crippen molar-refractivity contribution in [2.75, 3.05) is 6.54 Å². The van der Waals surface area contributed by atoms with Crippen LogP contribution in [0.3, 0.4) is 0 Å². The average Bonchev–Trinajstić information content (AvgIpc) is 2.88. The van der Waals surface area contributed by atoms with Gasteiger partial charge in [0.05, 0.1) is 11.8 Å². The Kier molecular flexibility index (Phi) is 4.56. The minimum absolute atomic E-state index is 0.109. The molecular formula is C13H16F3N5. The van der Waals surface area contributed by atoms with Crippen molar-refractivity contribution in [3.63, 3.8) is 0 Å². The fraction of sp³-hybridized carbons (Fsp3) is 0.462. The van der Waals surface area contributed by atoms with Gasteiger partial charge in [0.25, 0.3) is 0 Å². The number of halogens is 3. The van der Waals surface area contributed by atoms with E-state index in [4.69, 9.17) is 0 Å². The van der Waals surface area contributed by atoms with Gasteiger partial charge in [0.2, 0.25) is 5.95 Å². The van der Waals surface area contributed by atoms with E-state index in [2.05, 4.69) is 34.2 Å². The van der Waals surface area contributed by atoms with Gasteiger partial charge >= 0.3 is 6.18 Å². The second kappa shape index (κ2) is 6.21. The summed E-state index contributed by atoms with van der Waals surface area (Å²) in [6.07, 6.45) is 0.349. The van der Waals surface area contributed by atoms with Crippen LogP contribution in [0.5, 0.6) is 0 Å². The van der Waals surface area contributed by atoms with Gasteiger partial charge in [-0.2, -0.15) is 18.3 Å². The molecule has 0 radical (unpaired) electrons. The van der Waals surface area contributed by atoms with Crippen LogP contribution >= 0.6 is 0 Å². The first-order valence-corrected chi connectivity index (χ1v) is 6.50. The number of hydrogen-bond donors (Lipinski definition) is 1. The van der Waals surface area contributed by atoms with Crippen LogP contribution in [0.25, 0.3) is 5.95 Å². The Bertz CT molecular complexity index is 574. The summed E-state index contributed by atoms with van der Waals surface area (Å²) in [6, 6.07) is 0. The third-order valence-corrected chi connectivity index (χ3v) is 2.69. The Labute approximate surface area is 120 Å². The normalized spacial score (nSPS) is 12.1. The van der Waals surface area contributed by atoms with E-state index in [0.717, 1.165) is 29.2 Å². The maximum absolute atomic E-state index is 12.5. The van der Waals surface area contributed by atoms with Gasteiger partial charge in [-0.1, -0.05) is 13.8 Å². The van der Waals surface area contributed by atoms with Crippen molar-refractivity contribution in [1.29, 1.82) is 0 Å². The Morgan fingerprint density at radius 3 is 2.38 bits per heavy atom. The molecule has 114 valence electrons. The van der Waals surface area contributed by atoms with Crippen molar-refractivity contribution in [3.05, 3.63) is 35.9 Å². The van der Waals surface area contributed by atoms with Crippen molar-refractivity contribution in [3.8, 4) is 5.95 Å². The van der Waals surface area contributed by atoms with Gasteiger partial charge in [-0.15, -0.1) is 0 Å². The van der Waals surface area contributed by atoms with Crippen LogP contribution in [0.4, 0.5) is 13.2 Å². The summed E-state index contributed by atoms with van der Waals surface area (Å²) >= 11 is 0. The molecule has 0 aliphatic rings. The van der Waals surface area contributed by atoms with Gasteiger partial charge in [-0.3, -0.25) is 0 Å². The third kappa shape index (κ3) is 4.25. The molecule has 2 aromatic heterocycles. The molecule has 5 nitrogen and oxygen atoms in total. The summed E-state index contributed by atoms with van der Waals surface area (Å²) in [5, 5.41) is 6.86. The monoisotopic (exact) mass is 299 g/mol. The molecule has 2 aromatic rings. The van der Waals surface area contributed by atoms with E-state index in [9.17, 15) is 13.2 Å². The van der Waals surface area contributed by atoms with Crippen LogP contribution < -0.4 is 5.32 Å². The van der Waals surface area contributed by atoms with E-state index in [1.165, 1.54) is 0 Å². The number of rotatable bonds is 5. The molecule has 0 saturated heterocycles. The molecule has 0 aliphatic carbocycles. The average molecular weight is 299 g/mol. The molecule has 0 spiro atoms. The lowest BCUT2D eigenvalue weighted by Gasteiger charge is -2.07. The Morgan fingerprint density at radius 2 is 1.86 bits per heavy atom. The summed E-state index contributed by atoms with van der Waals surface area (Å²) in [4.78, 5) is 8.05. The Hall–Kier alpha value is -1.96. The van der Waals surface area contributed by atoms with E-state index < -0.39 is 11.7 Å². The minimum atomic E-state index is -4.42. The summed E-state index contributed by atoms with van der Waals surface area (Å²) in [7, 11) is 0. The van der Waals surface area contributed by atoms with Crippen molar-refractivity contribution in [1.82, 2.24) is 25.1 Å². The van der Waals surface area contributed by atoms with Gasteiger partial charge in [-0.05, 0) is 12.5 Å². The molecule has 2 rings (SSSR count). The first kappa shape index (κ1) is 15.4. The summed E-state index contributed by atoms with van der Waals surface area (Å²) in [6.45, 7) is 5.69. The second-order valence-electron chi connectivity index (χ2n) is 5.09. The van der Waals surface area contributed by atoms with Gasteiger partial charge in [0.15, 0.2) is 0 Å². The molecular weight excluding hydrogens is 283 g/mol. The summed E-state index contributed by atoms with van der Waals surface area (Å²) in [5.41, 5.74) is 0.0383. The smallest absolute Gasteiger partial charge is 0.312 e. The molecule has 21 heavy (non-hydrogen) atoms. The number of nitrogens with one attached hydrogen (secondary N) is 1. The van der Waals surface area contributed by atoms with E-state index in [1.807, 2.05) is 0 Å². The van der Waals surface area contributed by atoms with Crippen molar-refractivity contribution in [2.24, 2.45) is 5.92 Å². The number of alkyl halides is 3. The quantitative estimate of drug-likeness (QED) is 0.921. The maximum atomic E-state index is 12.5. The maximum Gasteiger partial charge on any atom is 0.419 e. The molecule has 1 N–H and O–H groups in total. The molecule has 0 saturated carbocycles. The number of aromatic nitrogens is 4. The van der Waals surface area contributed by atoms with E-state index in [0.29, 0.717) is 12.5 Å². The molecule has 0 amide bonds. The third-order valence-electron chi connectivity index (χ3n) is 2.69. The van der Waals surface area contributed by atoms with Crippen LogP contribution in [0, 0.1) is 5.92 Å². The van der Waals surface area contributed by atoms with Crippen molar-refractivity contribution >= 4 is 0 Å². The van der Waals surface area contributed by atoms with Crippen LogP contribution in [-0.2, 0) is 12.7 Å². The van der Waals surface area contributed by atoms with Gasteiger partial charge in [-0.25, -0.2) is 14.6 Å².